The molecule has 1 saturated heterocycles. The lowest BCUT2D eigenvalue weighted by Crippen LogP contribution is -2.55. The van der Waals surface area contributed by atoms with Gasteiger partial charge in [-0.2, -0.15) is 0 Å². The monoisotopic (exact) mass is 211 g/mol. The molecule has 84 valence electrons. The second-order valence-electron chi connectivity index (χ2n) is 4.01. The van der Waals surface area contributed by atoms with Gasteiger partial charge in [0.15, 0.2) is 0 Å². The first-order valence-corrected chi connectivity index (χ1v) is 5.24. The van der Waals surface area contributed by atoms with Crippen molar-refractivity contribution in [2.75, 3.05) is 20.8 Å². The van der Waals surface area contributed by atoms with Crippen LogP contribution in [0.1, 0.15) is 13.3 Å². The molecular formula is C10H17N3O2. The van der Waals surface area contributed by atoms with Crippen LogP contribution in [0.3, 0.4) is 0 Å². The van der Waals surface area contributed by atoms with E-state index in [0.717, 1.165) is 13.0 Å². The van der Waals surface area contributed by atoms with Crippen molar-refractivity contribution in [1.82, 2.24) is 5.32 Å². The van der Waals surface area contributed by atoms with Crippen LogP contribution in [0.15, 0.2) is 10.2 Å². The lowest BCUT2D eigenvalue weighted by atomic mass is 9.81. The fraction of sp³-hybridized carbons (Fsp3) is 0.800. The molecule has 2 rings (SSSR count). The van der Waals surface area contributed by atoms with E-state index in [9.17, 15) is 0 Å². The van der Waals surface area contributed by atoms with Crippen LogP contribution in [0.25, 0.3) is 0 Å². The average Bonchev–Trinajstić information content (AvgIpc) is 2.28. The van der Waals surface area contributed by atoms with Crippen LogP contribution in [0.5, 0.6) is 0 Å². The van der Waals surface area contributed by atoms with E-state index in [4.69, 9.17) is 9.47 Å². The topological polar surface area (TPSA) is 55.2 Å². The predicted octanol–water partition coefficient (Wildman–Crippen LogP) is 0.619. The fourth-order valence-electron chi connectivity index (χ4n) is 2.30. The Morgan fingerprint density at radius 1 is 1.20 bits per heavy atom. The first kappa shape index (κ1) is 10.4. The molecule has 0 spiro atoms. The molecule has 15 heavy (non-hydrogen) atoms. The third kappa shape index (κ3) is 1.71. The largest absolute Gasteiger partial charge is 0.483 e. The Bertz CT molecular complexity index is 301. The quantitative estimate of drug-likeness (QED) is 0.639. The Balaban J connectivity index is 2.28. The molecule has 2 heterocycles. The number of piperidine rings is 1. The number of fused-ring (bicyclic) bond motifs is 1. The van der Waals surface area contributed by atoms with Crippen molar-refractivity contribution in [3.63, 3.8) is 0 Å². The van der Waals surface area contributed by atoms with Crippen molar-refractivity contribution in [1.29, 1.82) is 0 Å². The zero-order valence-corrected chi connectivity index (χ0v) is 9.36. The molecule has 2 aliphatic rings. The Labute approximate surface area is 89.5 Å². The van der Waals surface area contributed by atoms with Crippen molar-refractivity contribution in [3.05, 3.63) is 0 Å². The summed E-state index contributed by atoms with van der Waals surface area (Å²) in [6.07, 6.45) is 1.13. The van der Waals surface area contributed by atoms with E-state index in [2.05, 4.69) is 22.4 Å². The van der Waals surface area contributed by atoms with Crippen LogP contribution in [0.4, 0.5) is 0 Å². The summed E-state index contributed by atoms with van der Waals surface area (Å²) >= 11 is 0. The van der Waals surface area contributed by atoms with E-state index in [1.807, 2.05) is 0 Å². The Hall–Kier alpha value is -1.10. The Morgan fingerprint density at radius 2 is 1.87 bits per heavy atom. The van der Waals surface area contributed by atoms with E-state index in [1.165, 1.54) is 0 Å². The van der Waals surface area contributed by atoms with E-state index in [-0.39, 0.29) is 12.0 Å². The first-order valence-electron chi connectivity index (χ1n) is 5.24. The van der Waals surface area contributed by atoms with Crippen LogP contribution < -0.4 is 5.32 Å². The van der Waals surface area contributed by atoms with Gasteiger partial charge in [0.1, 0.15) is 0 Å². The number of hydrogen-bond acceptors (Lipinski definition) is 5. The molecular weight excluding hydrogens is 194 g/mol. The highest BCUT2D eigenvalue weighted by molar-refractivity contribution is 5.93. The van der Waals surface area contributed by atoms with Gasteiger partial charge < -0.3 is 14.8 Å². The highest BCUT2D eigenvalue weighted by Gasteiger charge is 2.41. The van der Waals surface area contributed by atoms with Gasteiger partial charge in [-0.05, 0) is 18.9 Å². The zero-order valence-electron chi connectivity index (χ0n) is 9.36. The van der Waals surface area contributed by atoms with Gasteiger partial charge in [0.05, 0.1) is 26.2 Å². The van der Waals surface area contributed by atoms with Gasteiger partial charge in [-0.15, -0.1) is 10.2 Å². The summed E-state index contributed by atoms with van der Waals surface area (Å²) in [5.74, 6) is 2.15. The van der Waals surface area contributed by atoms with Crippen LogP contribution >= 0.6 is 0 Å². The highest BCUT2D eigenvalue weighted by atomic mass is 16.5. The molecule has 0 aliphatic carbocycles. The fourth-order valence-corrected chi connectivity index (χ4v) is 2.30. The van der Waals surface area contributed by atoms with Gasteiger partial charge in [0, 0.05) is 0 Å². The van der Waals surface area contributed by atoms with Crippen molar-refractivity contribution in [2.24, 2.45) is 22.0 Å². The molecule has 0 aromatic heterocycles. The van der Waals surface area contributed by atoms with Crippen molar-refractivity contribution >= 4 is 11.8 Å². The SMILES string of the molecule is COC1=NN=C(OC)C2C(C)CCNC12. The number of hydrogen-bond donors (Lipinski definition) is 1. The second-order valence-corrected chi connectivity index (χ2v) is 4.01. The van der Waals surface area contributed by atoms with E-state index >= 15 is 0 Å². The maximum Gasteiger partial charge on any atom is 0.226 e. The van der Waals surface area contributed by atoms with E-state index in [1.54, 1.807) is 14.2 Å². The third-order valence-electron chi connectivity index (χ3n) is 3.15. The summed E-state index contributed by atoms with van der Waals surface area (Å²) in [6, 6.07) is 0.117. The number of nitrogens with one attached hydrogen (secondary N) is 1. The zero-order chi connectivity index (χ0) is 10.8. The summed E-state index contributed by atoms with van der Waals surface area (Å²) in [5, 5.41) is 11.5. The predicted molar refractivity (Wildman–Crippen MR) is 57.9 cm³/mol. The second kappa shape index (κ2) is 4.18. The first-order chi connectivity index (χ1) is 7.27. The summed E-state index contributed by atoms with van der Waals surface area (Å²) in [4.78, 5) is 0. The molecule has 3 atom stereocenters. The van der Waals surface area contributed by atoms with Gasteiger partial charge in [-0.3, -0.25) is 0 Å². The molecule has 0 saturated carbocycles. The van der Waals surface area contributed by atoms with Crippen LogP contribution in [-0.4, -0.2) is 38.6 Å². The molecule has 1 N–H and O–H groups in total. The summed E-state index contributed by atoms with van der Waals surface area (Å²) in [5.41, 5.74) is 0. The van der Waals surface area contributed by atoms with Gasteiger partial charge >= 0.3 is 0 Å². The number of methoxy groups -OCH3 is 2. The molecule has 0 aromatic rings. The van der Waals surface area contributed by atoms with Gasteiger partial charge in [0.2, 0.25) is 11.8 Å². The van der Waals surface area contributed by atoms with Gasteiger partial charge in [-0.1, -0.05) is 6.92 Å². The van der Waals surface area contributed by atoms with E-state index in [0.29, 0.717) is 17.7 Å². The molecule has 0 radical (unpaired) electrons. The Morgan fingerprint density at radius 3 is 2.53 bits per heavy atom. The van der Waals surface area contributed by atoms with Crippen molar-refractivity contribution < 1.29 is 9.47 Å². The molecule has 2 aliphatic heterocycles. The molecule has 0 aromatic carbocycles. The smallest absolute Gasteiger partial charge is 0.226 e. The lowest BCUT2D eigenvalue weighted by molar-refractivity contribution is 0.227. The maximum atomic E-state index is 5.27. The van der Waals surface area contributed by atoms with Gasteiger partial charge in [0.25, 0.3) is 0 Å². The molecule has 5 nitrogen and oxygen atoms in total. The summed E-state index contributed by atoms with van der Waals surface area (Å²) in [6.45, 7) is 3.20. The van der Waals surface area contributed by atoms with E-state index < -0.39 is 0 Å². The average molecular weight is 211 g/mol. The molecule has 3 unspecified atom stereocenters. The minimum atomic E-state index is 0.117. The summed E-state index contributed by atoms with van der Waals surface area (Å²) in [7, 11) is 3.27. The van der Waals surface area contributed by atoms with Crippen LogP contribution in [0, 0.1) is 11.8 Å². The Kier molecular flexibility index (Phi) is 2.90. The normalized spacial score (nSPS) is 35.0. The van der Waals surface area contributed by atoms with Crippen molar-refractivity contribution in [2.45, 2.75) is 19.4 Å². The van der Waals surface area contributed by atoms with Crippen molar-refractivity contribution in [3.8, 4) is 0 Å². The molecule has 0 amide bonds. The van der Waals surface area contributed by atoms with Crippen LogP contribution in [0.2, 0.25) is 0 Å². The molecule has 1 fully saturated rings. The minimum absolute atomic E-state index is 0.117. The maximum absolute atomic E-state index is 5.27. The molecule has 0 bridgehead atoms. The number of rotatable bonds is 0. The number of nitrogens with zero attached hydrogens (tertiary/aromatic N) is 2. The lowest BCUT2D eigenvalue weighted by Gasteiger charge is -2.37. The van der Waals surface area contributed by atoms with Crippen LogP contribution in [-0.2, 0) is 9.47 Å². The summed E-state index contributed by atoms with van der Waals surface area (Å²) < 4.78 is 10.5. The standard InChI is InChI=1S/C10H17N3O2/c1-6-4-5-11-8-7(6)9(14-2)12-13-10(8)15-3/h6-8,11H,4-5H2,1-3H3. The highest BCUT2D eigenvalue weighted by Crippen LogP contribution is 2.28. The van der Waals surface area contributed by atoms with Gasteiger partial charge in [-0.25, -0.2) is 0 Å². The number of ether oxygens (including phenoxy) is 2. The molecule has 5 heteroatoms. The minimum Gasteiger partial charge on any atom is -0.483 e. The third-order valence-corrected chi connectivity index (χ3v) is 3.15.